The number of benzene rings is 1. The van der Waals surface area contributed by atoms with Crippen molar-refractivity contribution in [3.05, 3.63) is 53.0 Å². The number of amides is 1. The summed E-state index contributed by atoms with van der Waals surface area (Å²) in [6, 6.07) is 3.37. The normalized spacial score (nSPS) is 37.8. The first kappa shape index (κ1) is 19.8. The second-order valence-corrected chi connectivity index (χ2v) is 9.04. The summed E-state index contributed by atoms with van der Waals surface area (Å²) in [7, 11) is -4.86. The van der Waals surface area contributed by atoms with Crippen LogP contribution in [0, 0.1) is 13.8 Å². The number of carbonyl (C=O) groups is 2. The number of fused-ring (bicyclic) bond motifs is 1. The number of rotatable bonds is 5. The van der Waals surface area contributed by atoms with Crippen LogP contribution in [0.3, 0.4) is 0 Å². The van der Waals surface area contributed by atoms with E-state index in [0.29, 0.717) is 22.2 Å². The molecule has 1 saturated heterocycles. The molecular formula is C20H22FN2O9P. The highest BCUT2D eigenvalue weighted by molar-refractivity contribution is 7.49. The predicted molar refractivity (Wildman–Crippen MR) is 109 cm³/mol. The maximum absolute atomic E-state index is 16.0. The van der Waals surface area contributed by atoms with Crippen LogP contribution < -0.4 is 9.84 Å². The van der Waals surface area contributed by atoms with Crippen molar-refractivity contribution in [3.8, 4) is 5.75 Å². The molecular weight excluding hydrogens is 462 g/mol. The molecule has 0 spiro atoms. The molecule has 3 aliphatic heterocycles. The van der Waals surface area contributed by atoms with Gasteiger partial charge in [0.2, 0.25) is 0 Å². The van der Waals surface area contributed by atoms with Crippen LogP contribution in [0.25, 0.3) is 0 Å². The minimum Gasteiger partial charge on any atom is -0.403 e. The average molecular weight is 487 g/mol. The van der Waals surface area contributed by atoms with Crippen molar-refractivity contribution in [1.82, 2.24) is 10.2 Å². The van der Waals surface area contributed by atoms with Gasteiger partial charge in [-0.2, -0.15) is 0 Å². The van der Waals surface area contributed by atoms with Gasteiger partial charge in [-0.25, -0.2) is 8.96 Å². The van der Waals surface area contributed by atoms with Crippen LogP contribution in [0.15, 0.2) is 36.3 Å². The third kappa shape index (κ3) is 4.21. The number of aryl methyl sites for hydroxylation is 2. The van der Waals surface area contributed by atoms with Gasteiger partial charge in [0.15, 0.2) is 12.5 Å². The van der Waals surface area contributed by atoms with E-state index in [1.165, 1.54) is 0 Å². The summed E-state index contributed by atoms with van der Waals surface area (Å²) in [6.45, 7) is 2.69. The lowest BCUT2D eigenvalue weighted by molar-refractivity contribution is -0.208. The summed E-state index contributed by atoms with van der Waals surface area (Å²) in [4.78, 5) is 23.5. The number of nitrogens with one attached hydrogen (secondary N) is 1. The minimum absolute atomic E-state index is 0.0774. The van der Waals surface area contributed by atoms with E-state index < -0.39 is 55.9 Å². The van der Waals surface area contributed by atoms with Crippen LogP contribution in [-0.2, 0) is 34.5 Å². The maximum atomic E-state index is 16.0. The van der Waals surface area contributed by atoms with E-state index in [9.17, 15) is 24.4 Å². The molecule has 3 N–H and O–H groups in total. The molecule has 1 unspecified atom stereocenters. The van der Waals surface area contributed by atoms with Crippen LogP contribution >= 0.6 is 7.82 Å². The highest BCUT2D eigenvalue weighted by Gasteiger charge is 2.58. The highest BCUT2D eigenvalue weighted by atomic mass is 31.2. The SMILES string of the molecule is [2H]C([2H])(OP1(=O)OCc2cc(C)cc(C)c2O1)[C@@]1(F)O[C@@]([2H])(N2C=C(C=O)C(=O)NC2=C)[C@H](O)[C@@H]1O. The molecule has 3 heterocycles. The Labute approximate surface area is 192 Å². The number of phosphoric acid groups is 1. The number of hydrogen-bond acceptors (Lipinski definition) is 10. The number of nitrogens with zero attached hydrogens (tertiary/aromatic N) is 1. The Morgan fingerprint density at radius 3 is 2.94 bits per heavy atom. The van der Waals surface area contributed by atoms with Gasteiger partial charge in [0.1, 0.15) is 30.3 Å². The van der Waals surface area contributed by atoms with E-state index in [1.54, 1.807) is 26.0 Å². The van der Waals surface area contributed by atoms with Crippen molar-refractivity contribution in [3.63, 3.8) is 0 Å². The summed E-state index contributed by atoms with van der Waals surface area (Å²) in [5, 5.41) is 23.0. The number of phosphoric ester groups is 1. The van der Waals surface area contributed by atoms with Gasteiger partial charge in [0, 0.05) is 11.8 Å². The van der Waals surface area contributed by atoms with Crippen molar-refractivity contribution >= 4 is 20.0 Å². The molecule has 178 valence electrons. The van der Waals surface area contributed by atoms with Gasteiger partial charge in [-0.15, -0.1) is 0 Å². The lowest BCUT2D eigenvalue weighted by Crippen LogP contribution is -2.48. The second-order valence-electron chi connectivity index (χ2n) is 7.52. The Kier molecular flexibility index (Phi) is 5.00. The lowest BCUT2D eigenvalue weighted by Gasteiger charge is -2.33. The zero-order chi connectivity index (χ0) is 26.8. The largest absolute Gasteiger partial charge is 0.530 e. The van der Waals surface area contributed by atoms with Gasteiger partial charge in [-0.05, 0) is 19.4 Å². The Bertz CT molecular complexity index is 1250. The van der Waals surface area contributed by atoms with E-state index in [1.807, 2.05) is 0 Å². The topological polar surface area (TPSA) is 144 Å². The maximum Gasteiger partial charge on any atom is 0.530 e. The van der Waals surface area contributed by atoms with Gasteiger partial charge < -0.3 is 29.7 Å². The predicted octanol–water partition coefficient (Wildman–Crippen LogP) is 1.07. The molecule has 0 saturated carbocycles. The van der Waals surface area contributed by atoms with Crippen molar-refractivity contribution < 1.29 is 51.2 Å². The number of ether oxygens (including phenoxy) is 1. The van der Waals surface area contributed by atoms with Gasteiger partial charge in [0.25, 0.3) is 11.8 Å². The third-order valence-electron chi connectivity index (χ3n) is 5.00. The van der Waals surface area contributed by atoms with Gasteiger partial charge >= 0.3 is 7.82 Å². The number of halogens is 1. The summed E-state index contributed by atoms with van der Waals surface area (Å²) in [6.07, 6.45) is -7.57. The van der Waals surface area contributed by atoms with Crippen LogP contribution in [0.4, 0.5) is 4.39 Å². The quantitative estimate of drug-likeness (QED) is 0.313. The monoisotopic (exact) mass is 487 g/mol. The first-order chi connectivity index (χ1) is 16.6. The van der Waals surface area contributed by atoms with Crippen molar-refractivity contribution in [2.45, 2.75) is 44.7 Å². The average Bonchev–Trinajstić information content (AvgIpc) is 2.95. The lowest BCUT2D eigenvalue weighted by atomic mass is 10.1. The van der Waals surface area contributed by atoms with Crippen molar-refractivity contribution in [1.29, 1.82) is 0 Å². The molecule has 3 aliphatic rings. The summed E-state index contributed by atoms with van der Waals surface area (Å²) in [5.74, 6) is -5.32. The highest BCUT2D eigenvalue weighted by Crippen LogP contribution is 2.56. The first-order valence-electron chi connectivity index (χ1n) is 11.0. The van der Waals surface area contributed by atoms with E-state index in [2.05, 4.69) is 11.9 Å². The fraction of sp³-hybridized carbons (Fsp3) is 0.400. The molecule has 33 heavy (non-hydrogen) atoms. The molecule has 0 aromatic heterocycles. The van der Waals surface area contributed by atoms with Crippen molar-refractivity contribution in [2.24, 2.45) is 0 Å². The van der Waals surface area contributed by atoms with E-state index in [0.717, 1.165) is 5.56 Å². The number of alkyl halides is 1. The Balaban J connectivity index is 1.65. The molecule has 1 aromatic rings. The molecule has 1 fully saturated rings. The Morgan fingerprint density at radius 1 is 1.52 bits per heavy atom. The van der Waals surface area contributed by atoms with E-state index in [4.69, 9.17) is 22.4 Å². The summed E-state index contributed by atoms with van der Waals surface area (Å²) < 4.78 is 73.8. The fourth-order valence-corrected chi connectivity index (χ4v) is 4.59. The van der Waals surface area contributed by atoms with E-state index >= 15 is 4.39 Å². The molecule has 11 nitrogen and oxygen atoms in total. The zero-order valence-corrected chi connectivity index (χ0v) is 18.3. The minimum atomic E-state index is -4.86. The Morgan fingerprint density at radius 2 is 2.24 bits per heavy atom. The molecule has 4 rings (SSSR count). The molecule has 13 heteroatoms. The standard InChI is InChI=1S/C20H22FN2O9P/c1-10-4-11(2)16-13(5-10)8-29-33(28,32-16)30-9-20(21)17(26)15(25)19(31-20)23-6-14(7-24)18(27)22-12(23)3/h4-7,15,17,19,25-26H,3,8-9H2,1-2H3,(H,22,27)/t15-,17+,19-,20-,33?/m1/s1/i9D2,19D. The molecule has 0 bridgehead atoms. The summed E-state index contributed by atoms with van der Waals surface area (Å²) in [5.41, 5.74) is 1.29. The molecule has 1 amide bonds. The first-order valence-corrected chi connectivity index (χ1v) is 11.0. The number of hydrogen-bond donors (Lipinski definition) is 3. The number of carbonyl (C=O) groups excluding carboxylic acids is 2. The molecule has 1 aromatic carbocycles. The zero-order valence-electron chi connectivity index (χ0n) is 20.4. The Hall–Kier alpha value is -2.60. The smallest absolute Gasteiger partial charge is 0.403 e. The number of aliphatic hydroxyl groups is 2. The summed E-state index contributed by atoms with van der Waals surface area (Å²) >= 11 is 0. The molecule has 0 aliphatic carbocycles. The van der Waals surface area contributed by atoms with E-state index in [-0.39, 0.29) is 18.6 Å². The van der Waals surface area contributed by atoms with Crippen LogP contribution in [0.1, 0.15) is 20.8 Å². The third-order valence-corrected chi connectivity index (χ3v) is 6.17. The van der Waals surface area contributed by atoms with Gasteiger partial charge in [-0.1, -0.05) is 24.3 Å². The van der Waals surface area contributed by atoms with Crippen molar-refractivity contribution in [2.75, 3.05) is 6.56 Å². The van der Waals surface area contributed by atoms with Gasteiger partial charge in [-0.3, -0.25) is 18.6 Å². The van der Waals surface area contributed by atoms with Gasteiger partial charge in [0.05, 0.1) is 16.3 Å². The van der Waals surface area contributed by atoms with Crippen LogP contribution in [0.5, 0.6) is 5.75 Å². The number of aliphatic hydroxyl groups excluding tert-OH is 2. The van der Waals surface area contributed by atoms with Crippen LogP contribution in [0.2, 0.25) is 0 Å². The second kappa shape index (κ2) is 8.32. The molecule has 0 radical (unpaired) electrons. The molecule has 5 atom stereocenters. The van der Waals surface area contributed by atoms with Crippen LogP contribution in [-0.4, -0.2) is 58.1 Å². The fourth-order valence-electron chi connectivity index (χ4n) is 3.43. The number of aldehydes is 1.